The van der Waals surface area contributed by atoms with Gasteiger partial charge in [-0.3, -0.25) is 4.40 Å². The minimum atomic E-state index is 0.742. The first-order valence-electron chi connectivity index (χ1n) is 8.24. The maximum absolute atomic E-state index is 4.93. The second-order valence-electron chi connectivity index (χ2n) is 6.62. The van der Waals surface area contributed by atoms with E-state index in [1.54, 1.807) is 11.3 Å². The van der Waals surface area contributed by atoms with Gasteiger partial charge in [0.2, 0.25) is 0 Å². The van der Waals surface area contributed by atoms with E-state index in [1.165, 1.54) is 43.6 Å². The van der Waals surface area contributed by atoms with E-state index in [4.69, 9.17) is 4.98 Å². The Kier molecular flexibility index (Phi) is 3.63. The van der Waals surface area contributed by atoms with Gasteiger partial charge in [0.15, 0.2) is 10.8 Å². The largest absolute Gasteiger partial charge is 0.355 e. The van der Waals surface area contributed by atoms with E-state index in [0.717, 1.165) is 36.6 Å². The standard InChI is InChI=1S/C16H24N4S/c1-12-3-2-7-19(8-6-12)15-14(11-17-13-4-5-13)20-9-10-21-16(20)18-15/h9-10,12-13,17H,2-8,11H2,1H3. The summed E-state index contributed by atoms with van der Waals surface area (Å²) < 4.78 is 2.28. The van der Waals surface area contributed by atoms with E-state index in [-0.39, 0.29) is 0 Å². The number of thiazole rings is 1. The van der Waals surface area contributed by atoms with Crippen LogP contribution in [0.3, 0.4) is 0 Å². The Bertz CT molecular complexity index is 613. The van der Waals surface area contributed by atoms with Gasteiger partial charge in [-0.15, -0.1) is 11.3 Å². The van der Waals surface area contributed by atoms with E-state index in [2.05, 4.69) is 33.1 Å². The highest BCUT2D eigenvalue weighted by molar-refractivity contribution is 7.15. The number of rotatable bonds is 4. The van der Waals surface area contributed by atoms with E-state index in [1.807, 2.05) is 0 Å². The molecule has 1 aliphatic carbocycles. The van der Waals surface area contributed by atoms with Crippen molar-refractivity contribution in [3.8, 4) is 0 Å². The topological polar surface area (TPSA) is 32.6 Å². The predicted molar refractivity (Wildman–Crippen MR) is 88.2 cm³/mol. The Morgan fingerprint density at radius 3 is 3.05 bits per heavy atom. The zero-order valence-electron chi connectivity index (χ0n) is 12.7. The lowest BCUT2D eigenvalue weighted by Gasteiger charge is -2.22. The highest BCUT2D eigenvalue weighted by Crippen LogP contribution is 2.29. The number of aromatic nitrogens is 2. The lowest BCUT2D eigenvalue weighted by atomic mass is 10.0. The molecule has 0 radical (unpaired) electrons. The molecule has 1 saturated heterocycles. The van der Waals surface area contributed by atoms with Crippen molar-refractivity contribution in [1.29, 1.82) is 0 Å². The summed E-state index contributed by atoms with van der Waals surface area (Å²) in [5.41, 5.74) is 1.35. The molecule has 2 fully saturated rings. The molecule has 2 aromatic rings. The first-order chi connectivity index (χ1) is 10.3. The molecule has 21 heavy (non-hydrogen) atoms. The lowest BCUT2D eigenvalue weighted by Crippen LogP contribution is -2.27. The number of hydrogen-bond donors (Lipinski definition) is 1. The highest BCUT2D eigenvalue weighted by atomic mass is 32.1. The third-order valence-corrected chi connectivity index (χ3v) is 5.55. The molecule has 0 bridgehead atoms. The van der Waals surface area contributed by atoms with Gasteiger partial charge in [0.25, 0.3) is 0 Å². The van der Waals surface area contributed by atoms with Crippen molar-refractivity contribution in [3.05, 3.63) is 17.3 Å². The summed E-state index contributed by atoms with van der Waals surface area (Å²) in [5.74, 6) is 2.08. The van der Waals surface area contributed by atoms with Crippen LogP contribution in [0.15, 0.2) is 11.6 Å². The molecule has 114 valence electrons. The molecule has 1 saturated carbocycles. The normalized spacial score (nSPS) is 23.7. The molecule has 2 aliphatic rings. The number of nitrogens with one attached hydrogen (secondary N) is 1. The fourth-order valence-corrected chi connectivity index (χ4v) is 3.97. The molecule has 1 unspecified atom stereocenters. The quantitative estimate of drug-likeness (QED) is 0.941. The van der Waals surface area contributed by atoms with Crippen LogP contribution < -0.4 is 10.2 Å². The van der Waals surface area contributed by atoms with E-state index in [9.17, 15) is 0 Å². The first-order valence-corrected chi connectivity index (χ1v) is 9.12. The monoisotopic (exact) mass is 304 g/mol. The van der Waals surface area contributed by atoms with Crippen molar-refractivity contribution in [2.45, 2.75) is 51.6 Å². The van der Waals surface area contributed by atoms with Crippen molar-refractivity contribution in [2.75, 3.05) is 18.0 Å². The SMILES string of the molecule is CC1CCCN(c2nc3sccn3c2CNC2CC2)CC1. The van der Waals surface area contributed by atoms with E-state index < -0.39 is 0 Å². The molecular weight excluding hydrogens is 280 g/mol. The number of anilines is 1. The summed E-state index contributed by atoms with van der Waals surface area (Å²) in [6.07, 6.45) is 8.78. The lowest BCUT2D eigenvalue weighted by molar-refractivity contribution is 0.521. The second-order valence-corrected chi connectivity index (χ2v) is 7.49. The van der Waals surface area contributed by atoms with Crippen LogP contribution in [0.1, 0.15) is 44.7 Å². The Morgan fingerprint density at radius 1 is 1.29 bits per heavy atom. The summed E-state index contributed by atoms with van der Waals surface area (Å²) in [5, 5.41) is 5.80. The zero-order chi connectivity index (χ0) is 14.2. The smallest absolute Gasteiger partial charge is 0.195 e. The van der Waals surface area contributed by atoms with Crippen LogP contribution >= 0.6 is 11.3 Å². The molecule has 1 aliphatic heterocycles. The highest BCUT2D eigenvalue weighted by Gasteiger charge is 2.25. The van der Waals surface area contributed by atoms with Crippen LogP contribution in [0, 0.1) is 5.92 Å². The van der Waals surface area contributed by atoms with Gasteiger partial charge < -0.3 is 10.2 Å². The summed E-state index contributed by atoms with van der Waals surface area (Å²) >= 11 is 1.74. The molecule has 0 amide bonds. The van der Waals surface area contributed by atoms with Gasteiger partial charge in [-0.05, 0) is 38.0 Å². The molecule has 0 aromatic carbocycles. The molecule has 3 heterocycles. The summed E-state index contributed by atoms with van der Waals surface area (Å²) in [6, 6.07) is 0.742. The summed E-state index contributed by atoms with van der Waals surface area (Å²) in [4.78, 5) is 8.58. The second kappa shape index (κ2) is 5.61. The molecule has 5 heteroatoms. The first kappa shape index (κ1) is 13.6. The maximum Gasteiger partial charge on any atom is 0.195 e. The van der Waals surface area contributed by atoms with E-state index in [0.29, 0.717) is 0 Å². The Morgan fingerprint density at radius 2 is 2.19 bits per heavy atom. The van der Waals surface area contributed by atoms with E-state index >= 15 is 0 Å². The van der Waals surface area contributed by atoms with Crippen LogP contribution in [0.2, 0.25) is 0 Å². The van der Waals surface area contributed by atoms with Gasteiger partial charge in [-0.2, -0.15) is 0 Å². The van der Waals surface area contributed by atoms with Crippen molar-refractivity contribution < 1.29 is 0 Å². The van der Waals surface area contributed by atoms with Gasteiger partial charge >= 0.3 is 0 Å². The maximum atomic E-state index is 4.93. The molecule has 4 nitrogen and oxygen atoms in total. The van der Waals surface area contributed by atoms with Gasteiger partial charge in [-0.1, -0.05) is 6.92 Å². The molecule has 1 N–H and O–H groups in total. The van der Waals surface area contributed by atoms with Gasteiger partial charge in [0, 0.05) is 37.3 Å². The van der Waals surface area contributed by atoms with Gasteiger partial charge in [0.05, 0.1) is 5.69 Å². The van der Waals surface area contributed by atoms with Crippen molar-refractivity contribution in [1.82, 2.24) is 14.7 Å². The average molecular weight is 304 g/mol. The fourth-order valence-electron chi connectivity index (χ4n) is 3.24. The Balaban J connectivity index is 1.62. The Hall–Kier alpha value is -1.07. The average Bonchev–Trinajstić information content (AvgIpc) is 3.14. The number of nitrogens with zero attached hydrogens (tertiary/aromatic N) is 3. The van der Waals surface area contributed by atoms with Gasteiger partial charge in [-0.25, -0.2) is 4.98 Å². The van der Waals surface area contributed by atoms with Gasteiger partial charge in [0.1, 0.15) is 0 Å². The van der Waals surface area contributed by atoms with Crippen LogP contribution in [0.4, 0.5) is 5.82 Å². The van der Waals surface area contributed by atoms with Crippen molar-refractivity contribution in [2.24, 2.45) is 5.92 Å². The third kappa shape index (κ3) is 2.81. The minimum Gasteiger partial charge on any atom is -0.355 e. The zero-order valence-corrected chi connectivity index (χ0v) is 13.5. The van der Waals surface area contributed by atoms with Crippen LogP contribution in [-0.4, -0.2) is 28.5 Å². The molecule has 2 aromatic heterocycles. The van der Waals surface area contributed by atoms with Crippen molar-refractivity contribution >= 4 is 22.1 Å². The van der Waals surface area contributed by atoms with Crippen molar-refractivity contribution in [3.63, 3.8) is 0 Å². The fraction of sp³-hybridized carbons (Fsp3) is 0.688. The number of imidazole rings is 1. The Labute approximate surface area is 130 Å². The summed E-state index contributed by atoms with van der Waals surface area (Å²) in [6.45, 7) is 5.64. The number of fused-ring (bicyclic) bond motifs is 1. The summed E-state index contributed by atoms with van der Waals surface area (Å²) in [7, 11) is 0. The molecule has 4 rings (SSSR count). The van der Waals surface area contributed by atoms with Crippen LogP contribution in [-0.2, 0) is 6.54 Å². The third-order valence-electron chi connectivity index (χ3n) is 4.79. The van der Waals surface area contributed by atoms with Crippen LogP contribution in [0.5, 0.6) is 0 Å². The number of hydrogen-bond acceptors (Lipinski definition) is 4. The molecule has 1 atom stereocenters. The minimum absolute atomic E-state index is 0.742. The van der Waals surface area contributed by atoms with Crippen LogP contribution in [0.25, 0.3) is 4.96 Å². The predicted octanol–water partition coefficient (Wildman–Crippen LogP) is 3.27. The molecular formula is C16H24N4S. The molecule has 0 spiro atoms.